The summed E-state index contributed by atoms with van der Waals surface area (Å²) in [5.41, 5.74) is 6.12. The van der Waals surface area contributed by atoms with Crippen LogP contribution in [0.15, 0.2) is 0 Å². The molecule has 0 amide bonds. The van der Waals surface area contributed by atoms with E-state index in [1.807, 2.05) is 0 Å². The summed E-state index contributed by atoms with van der Waals surface area (Å²) in [6.45, 7) is 5.23. The number of rotatable bonds is 5. The van der Waals surface area contributed by atoms with Gasteiger partial charge in [0.05, 0.1) is 6.04 Å². The van der Waals surface area contributed by atoms with E-state index in [4.69, 9.17) is 12.2 Å². The average Bonchev–Trinajstić information content (AvgIpc) is 2.52. The van der Waals surface area contributed by atoms with E-state index in [-0.39, 0.29) is 11.6 Å². The Bertz CT molecular complexity index is 256. The molecular weight excluding hydrogens is 208 g/mol. The van der Waals surface area contributed by atoms with Crippen LogP contribution in [0.1, 0.15) is 58.8 Å². The van der Waals surface area contributed by atoms with Crippen molar-refractivity contribution in [2.75, 3.05) is 6.54 Å². The largest absolute Gasteiger partial charge is 0.329 e. The van der Waals surface area contributed by atoms with Crippen molar-refractivity contribution in [3.8, 4) is 12.3 Å². The first-order valence-corrected chi connectivity index (χ1v) is 7.09. The van der Waals surface area contributed by atoms with E-state index in [9.17, 15) is 0 Å². The fraction of sp³-hybridized carbons (Fsp3) is 0.867. The molecule has 3 N–H and O–H groups in total. The van der Waals surface area contributed by atoms with Crippen LogP contribution in [0.4, 0.5) is 0 Å². The van der Waals surface area contributed by atoms with Gasteiger partial charge in [0.1, 0.15) is 0 Å². The highest BCUT2D eigenvalue weighted by Gasteiger charge is 2.32. The van der Waals surface area contributed by atoms with Gasteiger partial charge >= 0.3 is 0 Å². The molecular formula is C15H28N2. The van der Waals surface area contributed by atoms with Gasteiger partial charge in [-0.1, -0.05) is 39.0 Å². The molecule has 0 aromatic heterocycles. The molecule has 0 spiro atoms. The maximum absolute atomic E-state index is 6.02. The summed E-state index contributed by atoms with van der Waals surface area (Å²) < 4.78 is 0. The summed E-state index contributed by atoms with van der Waals surface area (Å²) in [7, 11) is 0. The van der Waals surface area contributed by atoms with Crippen molar-refractivity contribution < 1.29 is 0 Å². The van der Waals surface area contributed by atoms with Crippen LogP contribution in [0, 0.1) is 18.3 Å². The summed E-state index contributed by atoms with van der Waals surface area (Å²) in [6, 6.07) is 0.192. The van der Waals surface area contributed by atoms with Gasteiger partial charge in [-0.25, -0.2) is 0 Å². The van der Waals surface area contributed by atoms with Crippen molar-refractivity contribution in [3.05, 3.63) is 0 Å². The number of nitrogens with two attached hydrogens (primary N) is 1. The molecule has 0 radical (unpaired) electrons. The van der Waals surface area contributed by atoms with Crippen LogP contribution >= 0.6 is 0 Å². The lowest BCUT2D eigenvalue weighted by Crippen LogP contribution is -2.54. The maximum Gasteiger partial charge on any atom is 0.0691 e. The molecule has 3 unspecified atom stereocenters. The van der Waals surface area contributed by atoms with Crippen molar-refractivity contribution in [1.29, 1.82) is 0 Å². The molecule has 17 heavy (non-hydrogen) atoms. The van der Waals surface area contributed by atoms with Gasteiger partial charge < -0.3 is 5.73 Å². The Kier molecular flexibility index (Phi) is 6.02. The SMILES string of the molecule is C#CC(CCC)NC1(CN)CCCC(C)CC1. The van der Waals surface area contributed by atoms with Gasteiger partial charge in [0.15, 0.2) is 0 Å². The first-order valence-electron chi connectivity index (χ1n) is 7.09. The van der Waals surface area contributed by atoms with Gasteiger partial charge in [0, 0.05) is 12.1 Å². The van der Waals surface area contributed by atoms with Crippen LogP contribution < -0.4 is 11.1 Å². The van der Waals surface area contributed by atoms with Crippen molar-refractivity contribution in [2.45, 2.75) is 70.4 Å². The Morgan fingerprint density at radius 3 is 2.82 bits per heavy atom. The third-order valence-corrected chi connectivity index (χ3v) is 4.12. The first kappa shape index (κ1) is 14.5. The lowest BCUT2D eigenvalue weighted by Gasteiger charge is -2.35. The second-order valence-corrected chi connectivity index (χ2v) is 5.67. The van der Waals surface area contributed by atoms with Gasteiger partial charge in [-0.05, 0) is 31.6 Å². The zero-order valence-electron chi connectivity index (χ0n) is 11.5. The van der Waals surface area contributed by atoms with Gasteiger partial charge in [-0.3, -0.25) is 5.32 Å². The quantitative estimate of drug-likeness (QED) is 0.569. The molecule has 1 saturated carbocycles. The summed E-state index contributed by atoms with van der Waals surface area (Å²) >= 11 is 0. The van der Waals surface area contributed by atoms with E-state index in [0.29, 0.717) is 6.54 Å². The van der Waals surface area contributed by atoms with Crippen molar-refractivity contribution in [3.63, 3.8) is 0 Å². The molecule has 98 valence electrons. The van der Waals surface area contributed by atoms with Crippen molar-refractivity contribution >= 4 is 0 Å². The van der Waals surface area contributed by atoms with E-state index >= 15 is 0 Å². The zero-order chi connectivity index (χ0) is 12.7. The zero-order valence-corrected chi connectivity index (χ0v) is 11.5. The molecule has 1 aliphatic rings. The van der Waals surface area contributed by atoms with Crippen LogP contribution in [-0.2, 0) is 0 Å². The monoisotopic (exact) mass is 236 g/mol. The fourth-order valence-electron chi connectivity index (χ4n) is 2.84. The standard InChI is InChI=1S/C15H28N2/c1-4-7-14(5-2)17-15(12-16)10-6-8-13(3)9-11-15/h2,13-14,17H,4,6-12,16H2,1,3H3. The van der Waals surface area contributed by atoms with E-state index < -0.39 is 0 Å². The molecule has 1 fully saturated rings. The summed E-state index contributed by atoms with van der Waals surface area (Å²) in [4.78, 5) is 0. The molecule has 3 atom stereocenters. The molecule has 0 aliphatic heterocycles. The number of nitrogens with one attached hydrogen (secondary N) is 1. The summed E-state index contributed by atoms with van der Waals surface area (Å²) in [5, 5.41) is 3.67. The minimum absolute atomic E-state index is 0.0942. The van der Waals surface area contributed by atoms with Crippen molar-refractivity contribution in [1.82, 2.24) is 5.32 Å². The maximum atomic E-state index is 6.02. The van der Waals surface area contributed by atoms with Crippen LogP contribution in [0.5, 0.6) is 0 Å². The second kappa shape index (κ2) is 7.03. The predicted octanol–water partition coefficient (Wildman–Crippen LogP) is 2.68. The molecule has 0 bridgehead atoms. The third-order valence-electron chi connectivity index (χ3n) is 4.12. The minimum atomic E-state index is 0.0942. The Labute approximate surface area is 107 Å². The molecule has 2 heteroatoms. The Hall–Kier alpha value is -0.520. The Morgan fingerprint density at radius 2 is 2.24 bits per heavy atom. The lowest BCUT2D eigenvalue weighted by molar-refractivity contribution is 0.269. The minimum Gasteiger partial charge on any atom is -0.329 e. The molecule has 0 saturated heterocycles. The van der Waals surface area contributed by atoms with E-state index in [1.165, 1.54) is 32.1 Å². The number of terminal acetylenes is 1. The molecule has 0 aromatic carbocycles. The van der Waals surface area contributed by atoms with E-state index in [1.54, 1.807) is 0 Å². The second-order valence-electron chi connectivity index (χ2n) is 5.67. The topological polar surface area (TPSA) is 38.0 Å². The number of hydrogen-bond donors (Lipinski definition) is 2. The highest BCUT2D eigenvalue weighted by atomic mass is 15.0. The van der Waals surface area contributed by atoms with Gasteiger partial charge in [0.25, 0.3) is 0 Å². The lowest BCUT2D eigenvalue weighted by atomic mass is 9.88. The summed E-state index contributed by atoms with van der Waals surface area (Å²) in [5.74, 6) is 3.71. The van der Waals surface area contributed by atoms with E-state index in [0.717, 1.165) is 18.8 Å². The van der Waals surface area contributed by atoms with E-state index in [2.05, 4.69) is 25.1 Å². The number of hydrogen-bond acceptors (Lipinski definition) is 2. The van der Waals surface area contributed by atoms with Crippen LogP contribution in [-0.4, -0.2) is 18.1 Å². The van der Waals surface area contributed by atoms with Crippen LogP contribution in [0.3, 0.4) is 0 Å². The Balaban J connectivity index is 2.63. The van der Waals surface area contributed by atoms with Crippen LogP contribution in [0.2, 0.25) is 0 Å². The average molecular weight is 236 g/mol. The molecule has 0 aromatic rings. The third kappa shape index (κ3) is 4.33. The highest BCUT2D eigenvalue weighted by molar-refractivity contribution is 5.04. The molecule has 0 heterocycles. The highest BCUT2D eigenvalue weighted by Crippen LogP contribution is 2.30. The summed E-state index contributed by atoms with van der Waals surface area (Å²) in [6.07, 6.45) is 14.0. The fourth-order valence-corrected chi connectivity index (χ4v) is 2.84. The van der Waals surface area contributed by atoms with Gasteiger partial charge in [-0.15, -0.1) is 6.42 Å². The molecule has 1 aliphatic carbocycles. The van der Waals surface area contributed by atoms with Gasteiger partial charge in [0.2, 0.25) is 0 Å². The smallest absolute Gasteiger partial charge is 0.0691 e. The predicted molar refractivity (Wildman–Crippen MR) is 74.7 cm³/mol. The normalized spacial score (nSPS) is 31.5. The molecule has 2 nitrogen and oxygen atoms in total. The van der Waals surface area contributed by atoms with Gasteiger partial charge in [-0.2, -0.15) is 0 Å². The van der Waals surface area contributed by atoms with Crippen LogP contribution in [0.25, 0.3) is 0 Å². The first-order chi connectivity index (χ1) is 8.15. The Morgan fingerprint density at radius 1 is 1.47 bits per heavy atom. The van der Waals surface area contributed by atoms with Crippen molar-refractivity contribution in [2.24, 2.45) is 11.7 Å². The molecule has 1 rings (SSSR count).